The average molecular weight is 233 g/mol. The van der Waals surface area contributed by atoms with Gasteiger partial charge in [0.1, 0.15) is 17.8 Å². The first kappa shape index (κ1) is 11.7. The third-order valence-corrected chi connectivity index (χ3v) is 2.89. The van der Waals surface area contributed by atoms with E-state index in [9.17, 15) is 0 Å². The Morgan fingerprint density at radius 2 is 2.35 bits per heavy atom. The van der Waals surface area contributed by atoms with E-state index in [2.05, 4.69) is 27.2 Å². The highest BCUT2D eigenvalue weighted by molar-refractivity contribution is 6.06. The molecule has 4 N–H and O–H groups in total. The highest BCUT2D eigenvalue weighted by atomic mass is 15.2. The molecule has 5 nitrogen and oxygen atoms in total. The second kappa shape index (κ2) is 5.03. The lowest BCUT2D eigenvalue weighted by Gasteiger charge is -2.27. The van der Waals surface area contributed by atoms with Crippen LogP contribution in [-0.4, -0.2) is 22.8 Å². The van der Waals surface area contributed by atoms with E-state index >= 15 is 0 Å². The summed E-state index contributed by atoms with van der Waals surface area (Å²) in [6, 6.07) is 2.02. The maximum atomic E-state index is 5.94. The van der Waals surface area contributed by atoms with Crippen LogP contribution in [0.2, 0.25) is 0 Å². The SMILES string of the molecule is CCC1C(N)=NC(C)NC1=NCc1cc[nH]c1. The number of aromatic nitrogens is 1. The van der Waals surface area contributed by atoms with Crippen molar-refractivity contribution in [1.82, 2.24) is 10.3 Å². The quantitative estimate of drug-likeness (QED) is 0.734. The predicted molar refractivity (Wildman–Crippen MR) is 69.9 cm³/mol. The summed E-state index contributed by atoms with van der Waals surface area (Å²) in [4.78, 5) is 12.0. The molecule has 2 rings (SSSR count). The Hall–Kier alpha value is -1.78. The van der Waals surface area contributed by atoms with Crippen molar-refractivity contribution in [2.75, 3.05) is 0 Å². The van der Waals surface area contributed by atoms with E-state index in [-0.39, 0.29) is 12.1 Å². The van der Waals surface area contributed by atoms with Crippen LogP contribution in [0.3, 0.4) is 0 Å². The van der Waals surface area contributed by atoms with Gasteiger partial charge in [-0.2, -0.15) is 0 Å². The fourth-order valence-electron chi connectivity index (χ4n) is 1.99. The summed E-state index contributed by atoms with van der Waals surface area (Å²) in [7, 11) is 0. The number of nitrogens with one attached hydrogen (secondary N) is 2. The van der Waals surface area contributed by atoms with Crippen LogP contribution in [0.25, 0.3) is 0 Å². The van der Waals surface area contributed by atoms with Gasteiger partial charge in [0, 0.05) is 12.4 Å². The predicted octanol–water partition coefficient (Wildman–Crippen LogP) is 1.25. The third-order valence-electron chi connectivity index (χ3n) is 2.89. The van der Waals surface area contributed by atoms with Gasteiger partial charge in [0.15, 0.2) is 0 Å². The molecule has 0 amide bonds. The van der Waals surface area contributed by atoms with Crippen LogP contribution in [0, 0.1) is 5.92 Å². The van der Waals surface area contributed by atoms with Crippen LogP contribution in [0.4, 0.5) is 0 Å². The lowest BCUT2D eigenvalue weighted by atomic mass is 10.0. The zero-order valence-corrected chi connectivity index (χ0v) is 10.3. The summed E-state index contributed by atoms with van der Waals surface area (Å²) in [6.07, 6.45) is 4.79. The number of aliphatic imine (C=N–C) groups is 2. The normalized spacial score (nSPS) is 26.7. The molecule has 0 aliphatic carbocycles. The minimum absolute atomic E-state index is 0.0165. The maximum absolute atomic E-state index is 5.94. The van der Waals surface area contributed by atoms with Crippen molar-refractivity contribution in [1.29, 1.82) is 0 Å². The van der Waals surface area contributed by atoms with E-state index in [1.807, 2.05) is 25.4 Å². The minimum Gasteiger partial charge on any atom is -0.387 e. The molecule has 2 heterocycles. The highest BCUT2D eigenvalue weighted by Crippen LogP contribution is 2.12. The number of aromatic amines is 1. The summed E-state index contributed by atoms with van der Waals surface area (Å²) in [6.45, 7) is 4.74. The van der Waals surface area contributed by atoms with Crippen molar-refractivity contribution in [3.05, 3.63) is 24.0 Å². The van der Waals surface area contributed by atoms with E-state index in [1.165, 1.54) is 5.56 Å². The van der Waals surface area contributed by atoms with Gasteiger partial charge in [0.25, 0.3) is 0 Å². The van der Waals surface area contributed by atoms with Crippen molar-refractivity contribution in [2.24, 2.45) is 21.6 Å². The zero-order chi connectivity index (χ0) is 12.3. The van der Waals surface area contributed by atoms with Crippen molar-refractivity contribution in [3.8, 4) is 0 Å². The molecule has 0 radical (unpaired) electrons. The molecule has 0 saturated heterocycles. The lowest BCUT2D eigenvalue weighted by molar-refractivity contribution is 0.627. The number of rotatable bonds is 3. The molecule has 1 aromatic rings. The molecular formula is C12H19N5. The molecular weight excluding hydrogens is 214 g/mol. The Balaban J connectivity index is 2.13. The average Bonchev–Trinajstić information content (AvgIpc) is 2.78. The van der Waals surface area contributed by atoms with E-state index < -0.39 is 0 Å². The lowest BCUT2D eigenvalue weighted by Crippen LogP contribution is -2.47. The van der Waals surface area contributed by atoms with Crippen molar-refractivity contribution in [3.63, 3.8) is 0 Å². The van der Waals surface area contributed by atoms with E-state index in [1.54, 1.807) is 0 Å². The molecule has 92 valence electrons. The largest absolute Gasteiger partial charge is 0.387 e. The van der Waals surface area contributed by atoms with Gasteiger partial charge >= 0.3 is 0 Å². The van der Waals surface area contributed by atoms with Crippen LogP contribution >= 0.6 is 0 Å². The van der Waals surface area contributed by atoms with Crippen LogP contribution in [0.5, 0.6) is 0 Å². The van der Waals surface area contributed by atoms with Gasteiger partial charge in [-0.3, -0.25) is 4.99 Å². The molecule has 0 fully saturated rings. The Morgan fingerprint density at radius 3 is 3.00 bits per heavy atom. The molecule has 1 aliphatic heterocycles. The topological polar surface area (TPSA) is 78.6 Å². The summed E-state index contributed by atoms with van der Waals surface area (Å²) >= 11 is 0. The molecule has 5 heteroatoms. The van der Waals surface area contributed by atoms with Crippen LogP contribution in [0.1, 0.15) is 25.8 Å². The molecule has 0 bridgehead atoms. The minimum atomic E-state index is 0.0165. The van der Waals surface area contributed by atoms with Gasteiger partial charge in [-0.25, -0.2) is 4.99 Å². The van der Waals surface area contributed by atoms with Crippen LogP contribution in [0.15, 0.2) is 28.4 Å². The van der Waals surface area contributed by atoms with Gasteiger partial charge in [-0.15, -0.1) is 0 Å². The summed E-state index contributed by atoms with van der Waals surface area (Å²) in [5.74, 6) is 1.77. The van der Waals surface area contributed by atoms with Gasteiger partial charge in [-0.1, -0.05) is 6.92 Å². The Labute approximate surface area is 101 Å². The number of nitrogens with zero attached hydrogens (tertiary/aromatic N) is 2. The zero-order valence-electron chi connectivity index (χ0n) is 10.3. The van der Waals surface area contributed by atoms with Crippen LogP contribution < -0.4 is 11.1 Å². The molecule has 1 aliphatic rings. The van der Waals surface area contributed by atoms with Crippen LogP contribution in [-0.2, 0) is 6.54 Å². The van der Waals surface area contributed by atoms with Gasteiger partial charge in [-0.05, 0) is 25.0 Å². The fraction of sp³-hybridized carbons (Fsp3) is 0.500. The Kier molecular flexibility index (Phi) is 3.46. The fourth-order valence-corrected chi connectivity index (χ4v) is 1.99. The molecule has 0 spiro atoms. The first-order valence-corrected chi connectivity index (χ1v) is 5.96. The molecule has 0 aromatic carbocycles. The first-order valence-electron chi connectivity index (χ1n) is 5.96. The van der Waals surface area contributed by atoms with E-state index in [4.69, 9.17) is 5.73 Å². The van der Waals surface area contributed by atoms with Crippen molar-refractivity contribution in [2.45, 2.75) is 33.0 Å². The molecule has 1 aromatic heterocycles. The smallest absolute Gasteiger partial charge is 0.118 e. The Bertz CT molecular complexity index is 418. The molecule has 17 heavy (non-hydrogen) atoms. The summed E-state index contributed by atoms with van der Waals surface area (Å²) < 4.78 is 0. The maximum Gasteiger partial charge on any atom is 0.118 e. The second-order valence-electron chi connectivity index (χ2n) is 4.26. The number of hydrogen-bond donors (Lipinski definition) is 3. The van der Waals surface area contributed by atoms with Gasteiger partial charge < -0.3 is 16.0 Å². The summed E-state index contributed by atoms with van der Waals surface area (Å²) in [5, 5.41) is 3.28. The second-order valence-corrected chi connectivity index (χ2v) is 4.26. The highest BCUT2D eigenvalue weighted by Gasteiger charge is 2.24. The Morgan fingerprint density at radius 1 is 1.53 bits per heavy atom. The van der Waals surface area contributed by atoms with Gasteiger partial charge in [0.2, 0.25) is 0 Å². The van der Waals surface area contributed by atoms with E-state index in [0.717, 1.165) is 12.3 Å². The molecule has 2 unspecified atom stereocenters. The number of H-pyrrole nitrogens is 1. The van der Waals surface area contributed by atoms with Crippen molar-refractivity contribution >= 4 is 11.7 Å². The first-order chi connectivity index (χ1) is 8.20. The molecule has 2 atom stereocenters. The standard InChI is InChI=1S/C12H19N5/c1-3-10-11(13)16-8(2)17-12(10)15-7-9-4-5-14-6-9/h4-6,8,10,14H,3,7H2,1-2H3,(H2,13,16)(H,15,17). The van der Waals surface area contributed by atoms with E-state index in [0.29, 0.717) is 12.4 Å². The number of hydrogen-bond acceptors (Lipinski definition) is 3. The van der Waals surface area contributed by atoms with Gasteiger partial charge in [0.05, 0.1) is 12.5 Å². The number of amidine groups is 2. The number of nitrogens with two attached hydrogens (primary N) is 1. The molecule has 0 saturated carbocycles. The monoisotopic (exact) mass is 233 g/mol. The third kappa shape index (κ3) is 2.67. The summed E-state index contributed by atoms with van der Waals surface area (Å²) in [5.41, 5.74) is 7.11. The van der Waals surface area contributed by atoms with Crippen molar-refractivity contribution < 1.29 is 0 Å².